The topological polar surface area (TPSA) is 49.8 Å². The van der Waals surface area contributed by atoms with Crippen molar-refractivity contribution in [2.75, 3.05) is 13.1 Å². The number of rotatable bonds is 4. The fourth-order valence-corrected chi connectivity index (χ4v) is 2.39. The van der Waals surface area contributed by atoms with E-state index in [4.69, 9.17) is 5.11 Å². The van der Waals surface area contributed by atoms with E-state index in [0.29, 0.717) is 32.5 Å². The molecule has 2 rings (SSSR count). The number of hydrogen-bond donors (Lipinski definition) is 1. The van der Waals surface area contributed by atoms with Gasteiger partial charge in [-0.3, -0.25) is 9.69 Å². The molecule has 1 aromatic rings. The van der Waals surface area contributed by atoms with Gasteiger partial charge in [-0.15, -0.1) is 13.2 Å². The third kappa shape index (κ3) is 4.93. The number of benzene rings is 1. The van der Waals surface area contributed by atoms with Crippen LogP contribution in [0.5, 0.6) is 5.75 Å². The molecule has 0 radical (unpaired) electrons. The van der Waals surface area contributed by atoms with E-state index in [1.54, 1.807) is 12.1 Å². The number of nitrogens with zero attached hydrogens (tertiary/aromatic N) is 1. The highest BCUT2D eigenvalue weighted by molar-refractivity contribution is 5.70. The zero-order valence-electron chi connectivity index (χ0n) is 11.3. The van der Waals surface area contributed by atoms with E-state index in [1.165, 1.54) is 12.1 Å². The average molecular weight is 303 g/mol. The summed E-state index contributed by atoms with van der Waals surface area (Å²) in [6, 6.07) is 5.74. The van der Waals surface area contributed by atoms with Crippen LogP contribution >= 0.6 is 0 Å². The number of halogens is 3. The molecule has 0 spiro atoms. The molecule has 0 atom stereocenters. The van der Waals surface area contributed by atoms with Gasteiger partial charge in [-0.1, -0.05) is 12.1 Å². The molecule has 0 saturated carbocycles. The zero-order valence-corrected chi connectivity index (χ0v) is 11.3. The van der Waals surface area contributed by atoms with Crippen molar-refractivity contribution in [1.29, 1.82) is 0 Å². The Bertz CT molecular complexity index is 479. The number of hydrogen-bond acceptors (Lipinski definition) is 3. The van der Waals surface area contributed by atoms with E-state index >= 15 is 0 Å². The van der Waals surface area contributed by atoms with Gasteiger partial charge in [-0.2, -0.15) is 0 Å². The standard InChI is InChI=1S/C14H16F3NO3/c15-14(16,17)21-12-3-1-10(2-4-12)9-18-7-5-11(6-8-18)13(19)20/h1-4,11H,5-9H2,(H,19,20). The average Bonchev–Trinajstić information content (AvgIpc) is 2.40. The summed E-state index contributed by atoms with van der Waals surface area (Å²) in [6.07, 6.45) is -3.48. The summed E-state index contributed by atoms with van der Waals surface area (Å²) < 4.78 is 39.9. The lowest BCUT2D eigenvalue weighted by Gasteiger charge is -2.30. The molecule has 0 bridgehead atoms. The lowest BCUT2D eigenvalue weighted by Crippen LogP contribution is -2.35. The van der Waals surface area contributed by atoms with Crippen LogP contribution in [0.25, 0.3) is 0 Å². The van der Waals surface area contributed by atoms with Crippen molar-refractivity contribution in [3.05, 3.63) is 29.8 Å². The van der Waals surface area contributed by atoms with Crippen LogP contribution in [0.4, 0.5) is 13.2 Å². The van der Waals surface area contributed by atoms with Gasteiger partial charge in [0.2, 0.25) is 0 Å². The molecule has 1 aliphatic rings. The molecule has 1 fully saturated rings. The first-order chi connectivity index (χ1) is 9.83. The number of piperidine rings is 1. The Kier molecular flexibility index (Phi) is 4.72. The van der Waals surface area contributed by atoms with Gasteiger partial charge in [-0.25, -0.2) is 0 Å². The molecule has 1 N–H and O–H groups in total. The van der Waals surface area contributed by atoms with Crippen molar-refractivity contribution < 1.29 is 27.8 Å². The van der Waals surface area contributed by atoms with Gasteiger partial charge in [0.15, 0.2) is 0 Å². The van der Waals surface area contributed by atoms with Crippen LogP contribution < -0.4 is 4.74 Å². The van der Waals surface area contributed by atoms with Gasteiger partial charge >= 0.3 is 12.3 Å². The van der Waals surface area contributed by atoms with Gasteiger partial charge in [0.1, 0.15) is 5.75 Å². The molecular weight excluding hydrogens is 287 g/mol. The lowest BCUT2D eigenvalue weighted by molar-refractivity contribution is -0.274. The molecule has 4 nitrogen and oxygen atoms in total. The largest absolute Gasteiger partial charge is 0.573 e. The van der Waals surface area contributed by atoms with Gasteiger partial charge in [0, 0.05) is 6.54 Å². The van der Waals surface area contributed by atoms with Gasteiger partial charge in [0.05, 0.1) is 5.92 Å². The third-order valence-electron chi connectivity index (χ3n) is 3.50. The van der Waals surface area contributed by atoms with Crippen molar-refractivity contribution in [2.24, 2.45) is 5.92 Å². The Morgan fingerprint density at radius 1 is 1.24 bits per heavy atom. The fourth-order valence-electron chi connectivity index (χ4n) is 2.39. The summed E-state index contributed by atoms with van der Waals surface area (Å²) >= 11 is 0. The van der Waals surface area contributed by atoms with Crippen LogP contribution in [0, 0.1) is 5.92 Å². The van der Waals surface area contributed by atoms with E-state index in [0.717, 1.165) is 5.56 Å². The van der Waals surface area contributed by atoms with E-state index in [2.05, 4.69) is 9.64 Å². The lowest BCUT2D eigenvalue weighted by atomic mass is 9.97. The molecule has 1 heterocycles. The molecule has 7 heteroatoms. The van der Waals surface area contributed by atoms with Crippen LogP contribution in [-0.2, 0) is 11.3 Å². The smallest absolute Gasteiger partial charge is 0.481 e. The Balaban J connectivity index is 1.85. The minimum atomic E-state index is -4.68. The Labute approximate surface area is 120 Å². The Hall–Kier alpha value is -1.76. The molecular formula is C14H16F3NO3. The maximum absolute atomic E-state index is 12.0. The number of carbonyl (C=O) groups is 1. The van der Waals surface area contributed by atoms with Crippen molar-refractivity contribution in [3.63, 3.8) is 0 Å². The highest BCUT2D eigenvalue weighted by atomic mass is 19.4. The van der Waals surface area contributed by atoms with E-state index in [-0.39, 0.29) is 11.7 Å². The molecule has 21 heavy (non-hydrogen) atoms. The number of alkyl halides is 3. The van der Waals surface area contributed by atoms with Crippen molar-refractivity contribution in [3.8, 4) is 5.75 Å². The predicted molar refractivity (Wildman–Crippen MR) is 68.8 cm³/mol. The predicted octanol–water partition coefficient (Wildman–Crippen LogP) is 2.88. The zero-order chi connectivity index (χ0) is 15.5. The molecule has 1 saturated heterocycles. The molecule has 116 valence electrons. The van der Waals surface area contributed by atoms with E-state index < -0.39 is 12.3 Å². The van der Waals surface area contributed by atoms with Crippen molar-refractivity contribution >= 4 is 5.97 Å². The Morgan fingerprint density at radius 3 is 2.29 bits per heavy atom. The molecule has 0 aliphatic carbocycles. The van der Waals surface area contributed by atoms with Crippen LogP contribution in [0.15, 0.2) is 24.3 Å². The maximum atomic E-state index is 12.0. The van der Waals surface area contributed by atoms with Gasteiger partial charge < -0.3 is 9.84 Å². The van der Waals surface area contributed by atoms with Gasteiger partial charge in [-0.05, 0) is 43.6 Å². The fraction of sp³-hybridized carbons (Fsp3) is 0.500. The minimum Gasteiger partial charge on any atom is -0.481 e. The summed E-state index contributed by atoms with van der Waals surface area (Å²) in [7, 11) is 0. The molecule has 1 aromatic carbocycles. The highest BCUT2D eigenvalue weighted by Crippen LogP contribution is 2.24. The summed E-state index contributed by atoms with van der Waals surface area (Å²) in [5.41, 5.74) is 0.873. The first kappa shape index (κ1) is 15.6. The second-order valence-corrected chi connectivity index (χ2v) is 5.08. The summed E-state index contributed by atoms with van der Waals surface area (Å²) in [6.45, 7) is 1.95. The number of carboxylic acid groups (broad SMARTS) is 1. The molecule has 0 amide bonds. The molecule has 0 aromatic heterocycles. The maximum Gasteiger partial charge on any atom is 0.573 e. The van der Waals surface area contributed by atoms with Crippen molar-refractivity contribution in [2.45, 2.75) is 25.7 Å². The number of carboxylic acids is 1. The SMILES string of the molecule is O=C(O)C1CCN(Cc2ccc(OC(F)(F)F)cc2)CC1. The van der Waals surface area contributed by atoms with Crippen LogP contribution in [-0.4, -0.2) is 35.4 Å². The summed E-state index contributed by atoms with van der Waals surface area (Å²) in [5.74, 6) is -1.29. The number of likely N-dealkylation sites (tertiary alicyclic amines) is 1. The second-order valence-electron chi connectivity index (χ2n) is 5.08. The van der Waals surface area contributed by atoms with Gasteiger partial charge in [0.25, 0.3) is 0 Å². The molecule has 0 unspecified atom stereocenters. The molecule has 1 aliphatic heterocycles. The number of ether oxygens (including phenoxy) is 1. The Morgan fingerprint density at radius 2 is 1.81 bits per heavy atom. The van der Waals surface area contributed by atoms with Crippen LogP contribution in [0.2, 0.25) is 0 Å². The normalized spacial score (nSPS) is 17.7. The third-order valence-corrected chi connectivity index (χ3v) is 3.50. The first-order valence-electron chi connectivity index (χ1n) is 6.63. The minimum absolute atomic E-state index is 0.240. The monoisotopic (exact) mass is 303 g/mol. The number of aliphatic carboxylic acids is 1. The van der Waals surface area contributed by atoms with E-state index in [1.807, 2.05) is 0 Å². The van der Waals surface area contributed by atoms with Crippen LogP contribution in [0.3, 0.4) is 0 Å². The highest BCUT2D eigenvalue weighted by Gasteiger charge is 2.31. The van der Waals surface area contributed by atoms with Crippen molar-refractivity contribution in [1.82, 2.24) is 4.90 Å². The first-order valence-corrected chi connectivity index (χ1v) is 6.63. The van der Waals surface area contributed by atoms with E-state index in [9.17, 15) is 18.0 Å². The second kappa shape index (κ2) is 6.34. The summed E-state index contributed by atoms with van der Waals surface area (Å²) in [4.78, 5) is 12.9. The quantitative estimate of drug-likeness (QED) is 0.929. The summed E-state index contributed by atoms with van der Waals surface area (Å²) in [5, 5.41) is 8.91. The van der Waals surface area contributed by atoms with Crippen LogP contribution in [0.1, 0.15) is 18.4 Å².